The third kappa shape index (κ3) is 17.2. The zero-order valence-electron chi connectivity index (χ0n) is 25.5. The molecule has 1 aliphatic heterocycles. The number of rotatable bonds is 22. The molecule has 3 N–H and O–H groups in total. The van der Waals surface area contributed by atoms with E-state index in [1.165, 1.54) is 44.9 Å². The molecule has 2 atom stereocenters. The van der Waals surface area contributed by atoms with Crippen molar-refractivity contribution in [3.63, 3.8) is 0 Å². The molecule has 0 spiro atoms. The van der Waals surface area contributed by atoms with Crippen LogP contribution in [0.1, 0.15) is 90.9 Å². The van der Waals surface area contributed by atoms with Gasteiger partial charge in [-0.25, -0.2) is 4.79 Å². The predicted octanol–water partition coefficient (Wildman–Crippen LogP) is 5.65. The molecule has 0 aromatic heterocycles. The van der Waals surface area contributed by atoms with E-state index in [4.69, 9.17) is 23.3 Å². The zero-order chi connectivity index (χ0) is 31.8. The van der Waals surface area contributed by atoms with E-state index in [2.05, 4.69) is 12.2 Å². The molecule has 1 saturated heterocycles. The van der Waals surface area contributed by atoms with Crippen LogP contribution in [0.4, 0.5) is 16.2 Å². The van der Waals surface area contributed by atoms with Crippen molar-refractivity contribution in [2.75, 3.05) is 48.0 Å². The first-order chi connectivity index (χ1) is 20.3. The largest absolute Gasteiger partial charge is 0.446 e. The molecule has 1 heterocycles. The lowest BCUT2D eigenvalue weighted by atomic mass is 10.0. The molecule has 248 valence electrons. The maximum Gasteiger partial charge on any atom is 0.411 e. The highest BCUT2D eigenvalue weighted by Gasteiger charge is 2.37. The number of hydrogen-bond acceptors (Lipinski definition) is 9. The Bertz CT molecular complexity index is 1120. The lowest BCUT2D eigenvalue weighted by Crippen LogP contribution is -2.29. The van der Waals surface area contributed by atoms with Gasteiger partial charge in [0.25, 0.3) is 20.2 Å². The fourth-order valence-corrected chi connectivity index (χ4v) is 5.97. The third-order valence-corrected chi connectivity index (χ3v) is 8.87. The first kappa shape index (κ1) is 37.2. The van der Waals surface area contributed by atoms with Crippen molar-refractivity contribution in [1.82, 2.24) is 0 Å². The SMILES string of the molecule is CCCCCCCCCCCC1(C)OCC(COC(=O)Nc2ccc(N(CCCS(=O)(=O)O)CCCS(=O)(=O)O)cc2)O1. The van der Waals surface area contributed by atoms with Gasteiger partial charge in [0, 0.05) is 30.9 Å². The number of anilines is 2. The second-order valence-electron chi connectivity index (χ2n) is 11.3. The highest BCUT2D eigenvalue weighted by atomic mass is 32.2. The Morgan fingerprint density at radius 2 is 1.44 bits per heavy atom. The standard InChI is InChI=1S/C29H50N2O10S2/c1-3-4-5-6-7-8-9-10-11-18-29(2)40-24-27(41-29)23-39-28(32)30-25-14-16-26(17-15-25)31(19-12-21-42(33,34)35)20-13-22-43(36,37)38/h14-17,27H,3-13,18-24H2,1-2H3,(H,30,32)(H,33,34,35)(H,36,37,38). The summed E-state index contributed by atoms with van der Waals surface area (Å²) in [5.41, 5.74) is 1.11. The minimum atomic E-state index is -4.14. The van der Waals surface area contributed by atoms with Gasteiger partial charge in [-0.15, -0.1) is 0 Å². The Labute approximate surface area is 257 Å². The molecule has 0 aliphatic carbocycles. The van der Waals surface area contributed by atoms with Crippen molar-refractivity contribution in [1.29, 1.82) is 0 Å². The number of nitrogens with zero attached hydrogens (tertiary/aromatic N) is 1. The van der Waals surface area contributed by atoms with Crippen molar-refractivity contribution in [2.24, 2.45) is 0 Å². The molecule has 1 aliphatic rings. The van der Waals surface area contributed by atoms with Crippen molar-refractivity contribution in [2.45, 2.75) is 103 Å². The van der Waals surface area contributed by atoms with Gasteiger partial charge in [0.2, 0.25) is 0 Å². The normalized spacial score (nSPS) is 18.9. The van der Waals surface area contributed by atoms with Crippen LogP contribution in [-0.4, -0.2) is 81.7 Å². The molecule has 12 nitrogen and oxygen atoms in total. The molecule has 1 aromatic rings. The molecular weight excluding hydrogens is 600 g/mol. The van der Waals surface area contributed by atoms with Gasteiger partial charge < -0.3 is 19.1 Å². The summed E-state index contributed by atoms with van der Waals surface area (Å²) in [5.74, 6) is -1.56. The highest BCUT2D eigenvalue weighted by molar-refractivity contribution is 7.86. The monoisotopic (exact) mass is 650 g/mol. The van der Waals surface area contributed by atoms with Gasteiger partial charge in [-0.3, -0.25) is 14.4 Å². The van der Waals surface area contributed by atoms with Gasteiger partial charge in [0.15, 0.2) is 5.79 Å². The van der Waals surface area contributed by atoms with Gasteiger partial charge in [-0.1, -0.05) is 58.3 Å². The van der Waals surface area contributed by atoms with Gasteiger partial charge >= 0.3 is 6.09 Å². The Balaban J connectivity index is 1.73. The summed E-state index contributed by atoms with van der Waals surface area (Å²) < 4.78 is 79.5. The maximum atomic E-state index is 12.4. The average Bonchev–Trinajstić information content (AvgIpc) is 3.30. The molecule has 1 fully saturated rings. The summed E-state index contributed by atoms with van der Waals surface area (Å²) in [5, 5.41) is 2.65. The zero-order valence-corrected chi connectivity index (χ0v) is 27.2. The Hall–Kier alpha value is -1.97. The summed E-state index contributed by atoms with van der Waals surface area (Å²) in [6.45, 7) is 5.00. The Morgan fingerprint density at radius 1 is 0.907 bits per heavy atom. The first-order valence-corrected chi connectivity index (χ1v) is 18.5. The molecule has 0 bridgehead atoms. The van der Waals surface area contributed by atoms with Crippen LogP contribution in [0, 0.1) is 0 Å². The minimum absolute atomic E-state index is 0.0482. The molecule has 0 saturated carbocycles. The van der Waals surface area contributed by atoms with E-state index < -0.39 is 43.6 Å². The summed E-state index contributed by atoms with van der Waals surface area (Å²) >= 11 is 0. The second kappa shape index (κ2) is 18.7. The molecule has 2 rings (SSSR count). The van der Waals surface area contributed by atoms with Crippen LogP contribution < -0.4 is 10.2 Å². The lowest BCUT2D eigenvalue weighted by Gasteiger charge is -2.25. The average molecular weight is 651 g/mol. The topological polar surface area (TPSA) is 169 Å². The van der Waals surface area contributed by atoms with E-state index in [1.54, 1.807) is 29.2 Å². The molecular formula is C29H50N2O10S2. The van der Waals surface area contributed by atoms with Crippen molar-refractivity contribution in [3.05, 3.63) is 24.3 Å². The highest BCUT2D eigenvalue weighted by Crippen LogP contribution is 2.29. The third-order valence-electron chi connectivity index (χ3n) is 7.26. The van der Waals surface area contributed by atoms with Crippen LogP contribution in [0.25, 0.3) is 0 Å². The van der Waals surface area contributed by atoms with Crippen molar-refractivity contribution >= 4 is 37.7 Å². The summed E-state index contributed by atoms with van der Waals surface area (Å²) in [6.07, 6.45) is 11.2. The minimum Gasteiger partial charge on any atom is -0.446 e. The van der Waals surface area contributed by atoms with Crippen LogP contribution in [0.5, 0.6) is 0 Å². The fraction of sp³-hybridized carbons (Fsp3) is 0.759. The number of amides is 1. The molecule has 2 unspecified atom stereocenters. The van der Waals surface area contributed by atoms with Gasteiger partial charge in [0.05, 0.1) is 18.1 Å². The van der Waals surface area contributed by atoms with Crippen LogP contribution in [-0.2, 0) is 34.4 Å². The van der Waals surface area contributed by atoms with Crippen LogP contribution in [0.3, 0.4) is 0 Å². The smallest absolute Gasteiger partial charge is 0.411 e. The number of nitrogens with one attached hydrogen (secondary N) is 1. The van der Waals surface area contributed by atoms with E-state index in [-0.39, 0.29) is 38.6 Å². The van der Waals surface area contributed by atoms with Crippen molar-refractivity contribution in [3.8, 4) is 0 Å². The number of benzene rings is 1. The molecule has 43 heavy (non-hydrogen) atoms. The number of hydrogen-bond donors (Lipinski definition) is 3. The van der Waals surface area contributed by atoms with Crippen LogP contribution in [0.2, 0.25) is 0 Å². The van der Waals surface area contributed by atoms with E-state index in [1.807, 2.05) is 6.92 Å². The van der Waals surface area contributed by atoms with Crippen LogP contribution >= 0.6 is 0 Å². The molecule has 14 heteroatoms. The van der Waals surface area contributed by atoms with E-state index in [0.717, 1.165) is 19.3 Å². The second-order valence-corrected chi connectivity index (χ2v) is 14.4. The summed E-state index contributed by atoms with van der Waals surface area (Å²) in [7, 11) is -8.27. The Kier molecular flexibility index (Phi) is 16.2. The van der Waals surface area contributed by atoms with Crippen molar-refractivity contribution < 1.29 is 44.9 Å². The number of unbranched alkanes of at least 4 members (excludes halogenated alkanes) is 8. The first-order valence-electron chi connectivity index (χ1n) is 15.3. The van der Waals surface area contributed by atoms with E-state index in [9.17, 15) is 21.6 Å². The summed E-state index contributed by atoms with van der Waals surface area (Å²) in [4.78, 5) is 14.1. The lowest BCUT2D eigenvalue weighted by molar-refractivity contribution is -0.162. The number of carbonyl (C=O) groups excluding carboxylic acids is 1. The van der Waals surface area contributed by atoms with E-state index >= 15 is 0 Å². The predicted molar refractivity (Wildman–Crippen MR) is 167 cm³/mol. The summed E-state index contributed by atoms with van der Waals surface area (Å²) in [6, 6.07) is 6.63. The fourth-order valence-electron chi connectivity index (χ4n) is 4.98. The van der Waals surface area contributed by atoms with Gasteiger partial charge in [-0.2, -0.15) is 16.8 Å². The number of ether oxygens (including phenoxy) is 3. The maximum absolute atomic E-state index is 12.4. The number of carbonyl (C=O) groups is 1. The Morgan fingerprint density at radius 3 is 1.98 bits per heavy atom. The molecule has 1 amide bonds. The van der Waals surface area contributed by atoms with Gasteiger partial charge in [0.1, 0.15) is 12.7 Å². The van der Waals surface area contributed by atoms with Gasteiger partial charge in [-0.05, 0) is 50.5 Å². The molecule has 1 aromatic carbocycles. The quantitative estimate of drug-likeness (QED) is 0.105. The molecule has 0 radical (unpaired) electrons. The van der Waals surface area contributed by atoms with Crippen LogP contribution in [0.15, 0.2) is 24.3 Å². The van der Waals surface area contributed by atoms with E-state index in [0.29, 0.717) is 18.0 Å².